The molecule has 0 aliphatic carbocycles. The fourth-order valence-corrected chi connectivity index (χ4v) is 3.73. The summed E-state index contributed by atoms with van der Waals surface area (Å²) in [4.78, 5) is 27.5. The molecule has 1 aliphatic rings. The van der Waals surface area contributed by atoms with Crippen LogP contribution < -0.4 is 11.2 Å². The van der Waals surface area contributed by atoms with Crippen molar-refractivity contribution in [2.45, 2.75) is 13.0 Å². The number of benzene rings is 2. The maximum absolute atomic E-state index is 12.8. The van der Waals surface area contributed by atoms with Crippen LogP contribution in [0.4, 0.5) is 0 Å². The summed E-state index contributed by atoms with van der Waals surface area (Å²) < 4.78 is 1.96. The van der Waals surface area contributed by atoms with Gasteiger partial charge in [-0.25, -0.2) is 0 Å². The number of aromatic nitrogens is 1. The Labute approximate surface area is 145 Å². The lowest BCUT2D eigenvalue weighted by Crippen LogP contribution is -2.33. The molecule has 4 rings (SSSR count). The van der Waals surface area contributed by atoms with Crippen LogP contribution in [0.3, 0.4) is 0 Å². The smallest absolute Gasteiger partial charge is 0.242 e. The van der Waals surface area contributed by atoms with Crippen LogP contribution in [0.1, 0.15) is 6.42 Å². The third-order valence-corrected chi connectivity index (χ3v) is 5.14. The molecule has 1 unspecified atom stereocenters. The van der Waals surface area contributed by atoms with E-state index >= 15 is 0 Å². The number of hydrogen-bond donors (Lipinski definition) is 1. The topological polar surface area (TPSA) is 68.3 Å². The fourth-order valence-electron chi connectivity index (χ4n) is 3.73. The van der Waals surface area contributed by atoms with Crippen LogP contribution in [0.5, 0.6) is 0 Å². The molecule has 1 aliphatic heterocycles. The van der Waals surface area contributed by atoms with Crippen LogP contribution in [0.15, 0.2) is 53.3 Å². The van der Waals surface area contributed by atoms with Gasteiger partial charge in [-0.15, -0.1) is 0 Å². The highest BCUT2D eigenvalue weighted by Crippen LogP contribution is 2.21. The zero-order valence-electron chi connectivity index (χ0n) is 14.0. The van der Waals surface area contributed by atoms with Crippen LogP contribution in [0.25, 0.3) is 21.8 Å². The molecular formula is C20H21N3O2. The predicted molar refractivity (Wildman–Crippen MR) is 99.5 cm³/mol. The SMILES string of the molecule is NCC1CCN(C(=O)Cn2c3ccccc3c(=O)c3ccccc32)C1. The standard InChI is InChI=1S/C20H21N3O2/c21-11-14-9-10-22(12-14)19(24)13-23-17-7-3-1-5-15(17)20(25)16-6-2-4-8-18(16)23/h1-8,14H,9-13,21H2. The van der Waals surface area contributed by atoms with Gasteiger partial charge in [-0.1, -0.05) is 24.3 Å². The van der Waals surface area contributed by atoms with Crippen molar-refractivity contribution in [3.8, 4) is 0 Å². The highest BCUT2D eigenvalue weighted by molar-refractivity contribution is 5.94. The first-order valence-electron chi connectivity index (χ1n) is 8.67. The number of hydrogen-bond acceptors (Lipinski definition) is 3. The van der Waals surface area contributed by atoms with Crippen molar-refractivity contribution in [2.75, 3.05) is 19.6 Å². The van der Waals surface area contributed by atoms with E-state index < -0.39 is 0 Å². The van der Waals surface area contributed by atoms with Crippen molar-refractivity contribution in [2.24, 2.45) is 11.7 Å². The molecule has 3 aromatic rings. The summed E-state index contributed by atoms with van der Waals surface area (Å²) in [5.41, 5.74) is 7.35. The first kappa shape index (κ1) is 15.8. The number of carbonyl (C=O) groups is 1. The van der Waals surface area contributed by atoms with Crippen molar-refractivity contribution in [1.29, 1.82) is 0 Å². The third-order valence-electron chi connectivity index (χ3n) is 5.14. The number of likely N-dealkylation sites (tertiary alicyclic amines) is 1. The van der Waals surface area contributed by atoms with Gasteiger partial charge in [0, 0.05) is 23.9 Å². The van der Waals surface area contributed by atoms with Crippen molar-refractivity contribution in [3.05, 3.63) is 58.8 Å². The summed E-state index contributed by atoms with van der Waals surface area (Å²) in [5.74, 6) is 0.473. The second kappa shape index (κ2) is 6.33. The van der Waals surface area contributed by atoms with Gasteiger partial charge in [0.05, 0.1) is 11.0 Å². The minimum Gasteiger partial charge on any atom is -0.341 e. The summed E-state index contributed by atoms with van der Waals surface area (Å²) in [6.07, 6.45) is 0.966. The second-order valence-electron chi connectivity index (χ2n) is 6.68. The number of rotatable bonds is 3. The lowest BCUT2D eigenvalue weighted by molar-refractivity contribution is -0.130. The molecule has 25 heavy (non-hydrogen) atoms. The Morgan fingerprint density at radius 1 is 1.04 bits per heavy atom. The number of para-hydroxylation sites is 2. The van der Waals surface area contributed by atoms with Crippen molar-refractivity contribution < 1.29 is 4.79 Å². The molecule has 0 bridgehead atoms. The van der Waals surface area contributed by atoms with E-state index in [1.54, 1.807) is 0 Å². The Morgan fingerprint density at radius 2 is 1.64 bits per heavy atom. The van der Waals surface area contributed by atoms with Crippen molar-refractivity contribution in [3.63, 3.8) is 0 Å². The van der Waals surface area contributed by atoms with E-state index in [9.17, 15) is 9.59 Å². The maximum Gasteiger partial charge on any atom is 0.242 e. The first-order valence-corrected chi connectivity index (χ1v) is 8.67. The molecule has 1 saturated heterocycles. The van der Waals surface area contributed by atoms with E-state index in [2.05, 4.69) is 0 Å². The maximum atomic E-state index is 12.8. The predicted octanol–water partition coefficient (Wildman–Crippen LogP) is 1.96. The quantitative estimate of drug-likeness (QED) is 0.744. The first-order chi connectivity index (χ1) is 12.2. The third kappa shape index (κ3) is 2.70. The average molecular weight is 335 g/mol. The fraction of sp³-hybridized carbons (Fsp3) is 0.300. The minimum absolute atomic E-state index is 0.0132. The number of fused-ring (bicyclic) bond motifs is 2. The number of pyridine rings is 1. The Balaban J connectivity index is 1.81. The highest BCUT2D eigenvalue weighted by Gasteiger charge is 2.25. The number of carbonyl (C=O) groups excluding carboxylic acids is 1. The largest absolute Gasteiger partial charge is 0.341 e. The van der Waals surface area contributed by atoms with Gasteiger partial charge in [-0.05, 0) is 43.1 Å². The Kier molecular flexibility index (Phi) is 4.01. The molecule has 0 spiro atoms. The summed E-state index contributed by atoms with van der Waals surface area (Å²) in [6, 6.07) is 15.0. The molecule has 1 fully saturated rings. The van der Waals surface area contributed by atoms with Crippen LogP contribution >= 0.6 is 0 Å². The average Bonchev–Trinajstić information content (AvgIpc) is 3.14. The second-order valence-corrected chi connectivity index (χ2v) is 6.68. The molecule has 2 aromatic carbocycles. The van der Waals surface area contributed by atoms with Crippen LogP contribution in [-0.4, -0.2) is 35.0 Å². The summed E-state index contributed by atoms with van der Waals surface area (Å²) in [6.45, 7) is 2.34. The molecule has 1 atom stereocenters. The Bertz CT molecular complexity index is 949. The summed E-state index contributed by atoms with van der Waals surface area (Å²) in [5, 5.41) is 1.30. The molecule has 5 nitrogen and oxygen atoms in total. The molecule has 1 aromatic heterocycles. The number of nitrogens with zero attached hydrogens (tertiary/aromatic N) is 2. The van der Waals surface area contributed by atoms with E-state index in [0.29, 0.717) is 23.2 Å². The normalized spacial score (nSPS) is 17.5. The lowest BCUT2D eigenvalue weighted by Gasteiger charge is -2.20. The van der Waals surface area contributed by atoms with Gasteiger partial charge in [0.1, 0.15) is 6.54 Å². The highest BCUT2D eigenvalue weighted by atomic mass is 16.2. The molecule has 0 saturated carbocycles. The Hall–Kier alpha value is -2.66. The molecule has 2 N–H and O–H groups in total. The zero-order valence-corrected chi connectivity index (χ0v) is 14.0. The van der Waals surface area contributed by atoms with E-state index in [0.717, 1.165) is 30.5 Å². The van der Waals surface area contributed by atoms with Crippen LogP contribution in [0, 0.1) is 5.92 Å². The van der Waals surface area contributed by atoms with E-state index in [1.807, 2.05) is 58.0 Å². The molecule has 5 heteroatoms. The van der Waals surface area contributed by atoms with Gasteiger partial charge in [-0.3, -0.25) is 9.59 Å². The van der Waals surface area contributed by atoms with Gasteiger partial charge in [-0.2, -0.15) is 0 Å². The van der Waals surface area contributed by atoms with Gasteiger partial charge < -0.3 is 15.2 Å². The van der Waals surface area contributed by atoms with Crippen molar-refractivity contribution in [1.82, 2.24) is 9.47 Å². The van der Waals surface area contributed by atoms with Gasteiger partial charge >= 0.3 is 0 Å². The minimum atomic E-state index is 0.0132. The molecule has 128 valence electrons. The number of amides is 1. The molecular weight excluding hydrogens is 314 g/mol. The summed E-state index contributed by atoms with van der Waals surface area (Å²) in [7, 11) is 0. The van der Waals surface area contributed by atoms with Gasteiger partial charge in [0.15, 0.2) is 5.43 Å². The van der Waals surface area contributed by atoms with E-state index in [-0.39, 0.29) is 17.9 Å². The van der Waals surface area contributed by atoms with Crippen molar-refractivity contribution >= 4 is 27.7 Å². The summed E-state index contributed by atoms with van der Waals surface area (Å²) >= 11 is 0. The number of nitrogens with two attached hydrogens (primary N) is 1. The lowest BCUT2D eigenvalue weighted by atomic mass is 10.1. The molecule has 0 radical (unpaired) electrons. The van der Waals surface area contributed by atoms with Crippen LogP contribution in [-0.2, 0) is 11.3 Å². The zero-order chi connectivity index (χ0) is 17.4. The van der Waals surface area contributed by atoms with E-state index in [1.165, 1.54) is 0 Å². The monoisotopic (exact) mass is 335 g/mol. The van der Waals surface area contributed by atoms with Gasteiger partial charge in [0.25, 0.3) is 0 Å². The molecule has 1 amide bonds. The van der Waals surface area contributed by atoms with E-state index in [4.69, 9.17) is 5.73 Å². The van der Waals surface area contributed by atoms with Gasteiger partial charge in [0.2, 0.25) is 5.91 Å². The molecule has 2 heterocycles. The van der Waals surface area contributed by atoms with Crippen LogP contribution in [0.2, 0.25) is 0 Å². The Morgan fingerprint density at radius 3 is 2.20 bits per heavy atom.